The topological polar surface area (TPSA) is 66.1 Å². The van der Waals surface area contributed by atoms with Gasteiger partial charge in [-0.25, -0.2) is 4.79 Å². The molecule has 0 aromatic heterocycles. The molecule has 0 radical (unpaired) electrons. The predicted octanol–water partition coefficient (Wildman–Crippen LogP) is 2.33. The van der Waals surface area contributed by atoms with Gasteiger partial charge in [-0.15, -0.1) is 0 Å². The summed E-state index contributed by atoms with van der Waals surface area (Å²) >= 11 is 0. The predicted molar refractivity (Wildman–Crippen MR) is 115 cm³/mol. The number of amides is 2. The Kier molecular flexibility index (Phi) is 7.58. The van der Waals surface area contributed by atoms with Gasteiger partial charge in [0, 0.05) is 51.5 Å². The maximum Gasteiger partial charge on any atom is 0.315 e. The molecular formula is C22H30N4O3. The summed E-state index contributed by atoms with van der Waals surface area (Å²) in [6.07, 6.45) is 0. The van der Waals surface area contributed by atoms with Gasteiger partial charge in [-0.3, -0.25) is 4.90 Å². The number of carbonyl (C=O) groups excluding carboxylic acids is 1. The van der Waals surface area contributed by atoms with Crippen molar-refractivity contribution >= 4 is 11.7 Å². The van der Waals surface area contributed by atoms with Crippen LogP contribution in [0, 0.1) is 0 Å². The first-order chi connectivity index (χ1) is 14.2. The molecule has 1 saturated heterocycles. The van der Waals surface area contributed by atoms with Crippen LogP contribution < -0.4 is 25.0 Å². The van der Waals surface area contributed by atoms with Crippen LogP contribution in [0.2, 0.25) is 0 Å². The largest absolute Gasteiger partial charge is 0.493 e. The molecule has 1 fully saturated rings. The molecule has 2 aromatic carbocycles. The van der Waals surface area contributed by atoms with E-state index < -0.39 is 0 Å². The van der Waals surface area contributed by atoms with Crippen molar-refractivity contribution in [1.82, 2.24) is 15.5 Å². The number of nitrogens with zero attached hydrogens (tertiary/aromatic N) is 2. The number of hydrogen-bond donors (Lipinski definition) is 2. The van der Waals surface area contributed by atoms with Crippen molar-refractivity contribution in [3.05, 3.63) is 54.1 Å². The van der Waals surface area contributed by atoms with Gasteiger partial charge in [0.2, 0.25) is 0 Å². The van der Waals surface area contributed by atoms with E-state index in [0.29, 0.717) is 24.6 Å². The monoisotopic (exact) mass is 398 g/mol. The van der Waals surface area contributed by atoms with E-state index in [-0.39, 0.29) is 6.03 Å². The van der Waals surface area contributed by atoms with E-state index in [9.17, 15) is 4.79 Å². The number of carbonyl (C=O) groups is 1. The molecule has 1 aliphatic rings. The standard InChI is InChI=1S/C22H30N4O3/c1-28-20-9-8-18(16-21(20)29-2)17-24-22(27)23-10-11-25-12-14-26(15-13-25)19-6-4-3-5-7-19/h3-9,16H,10-15,17H2,1-2H3,(H2,23,24,27). The fourth-order valence-corrected chi connectivity index (χ4v) is 3.43. The molecule has 3 rings (SSSR count). The summed E-state index contributed by atoms with van der Waals surface area (Å²) in [6.45, 7) is 5.94. The van der Waals surface area contributed by atoms with Crippen LogP contribution in [-0.2, 0) is 6.54 Å². The van der Waals surface area contributed by atoms with E-state index >= 15 is 0 Å². The maximum atomic E-state index is 12.1. The molecule has 2 aromatic rings. The van der Waals surface area contributed by atoms with Crippen LogP contribution in [-0.4, -0.2) is 64.4 Å². The Bertz CT molecular complexity index is 777. The Labute approximate surface area is 172 Å². The van der Waals surface area contributed by atoms with Crippen molar-refractivity contribution in [3.8, 4) is 11.5 Å². The summed E-state index contributed by atoms with van der Waals surface area (Å²) in [5, 5.41) is 5.81. The molecule has 1 aliphatic heterocycles. The lowest BCUT2D eigenvalue weighted by atomic mass is 10.2. The van der Waals surface area contributed by atoms with E-state index in [1.807, 2.05) is 24.3 Å². The molecule has 0 unspecified atom stereocenters. The van der Waals surface area contributed by atoms with Crippen molar-refractivity contribution in [3.63, 3.8) is 0 Å². The molecule has 0 atom stereocenters. The second kappa shape index (κ2) is 10.6. The first-order valence-corrected chi connectivity index (χ1v) is 9.94. The van der Waals surface area contributed by atoms with Gasteiger partial charge in [0.25, 0.3) is 0 Å². The fourth-order valence-electron chi connectivity index (χ4n) is 3.43. The van der Waals surface area contributed by atoms with Crippen LogP contribution in [0.15, 0.2) is 48.5 Å². The highest BCUT2D eigenvalue weighted by molar-refractivity contribution is 5.73. The van der Waals surface area contributed by atoms with E-state index in [2.05, 4.69) is 44.7 Å². The number of anilines is 1. The highest BCUT2D eigenvalue weighted by Crippen LogP contribution is 2.27. The van der Waals surface area contributed by atoms with Gasteiger partial charge >= 0.3 is 6.03 Å². The van der Waals surface area contributed by atoms with Gasteiger partial charge in [-0.05, 0) is 29.8 Å². The number of benzene rings is 2. The zero-order valence-corrected chi connectivity index (χ0v) is 17.2. The van der Waals surface area contributed by atoms with E-state index in [4.69, 9.17) is 9.47 Å². The average molecular weight is 399 g/mol. The third-order valence-corrected chi connectivity index (χ3v) is 5.11. The first-order valence-electron chi connectivity index (χ1n) is 9.94. The summed E-state index contributed by atoms with van der Waals surface area (Å²) in [5.74, 6) is 1.33. The van der Waals surface area contributed by atoms with Gasteiger partial charge < -0.3 is 25.0 Å². The van der Waals surface area contributed by atoms with Crippen LogP contribution in [0.1, 0.15) is 5.56 Å². The van der Waals surface area contributed by atoms with Gasteiger partial charge in [0.15, 0.2) is 11.5 Å². The summed E-state index contributed by atoms with van der Waals surface area (Å²) in [7, 11) is 3.20. The van der Waals surface area contributed by atoms with Crippen molar-refractivity contribution in [2.75, 3.05) is 58.4 Å². The molecule has 0 bridgehead atoms. The number of urea groups is 1. The number of rotatable bonds is 8. The van der Waals surface area contributed by atoms with E-state index in [0.717, 1.165) is 38.3 Å². The third kappa shape index (κ3) is 6.02. The highest BCUT2D eigenvalue weighted by atomic mass is 16.5. The minimum absolute atomic E-state index is 0.164. The Morgan fingerprint density at radius 3 is 2.34 bits per heavy atom. The van der Waals surface area contributed by atoms with Gasteiger partial charge in [0.05, 0.1) is 14.2 Å². The quantitative estimate of drug-likeness (QED) is 0.715. The van der Waals surface area contributed by atoms with Crippen LogP contribution >= 0.6 is 0 Å². The lowest BCUT2D eigenvalue weighted by Gasteiger charge is -2.36. The molecule has 2 amide bonds. The molecule has 0 aliphatic carbocycles. The molecule has 7 heteroatoms. The smallest absolute Gasteiger partial charge is 0.315 e. The molecule has 7 nitrogen and oxygen atoms in total. The van der Waals surface area contributed by atoms with Crippen molar-refractivity contribution < 1.29 is 14.3 Å². The number of methoxy groups -OCH3 is 2. The van der Waals surface area contributed by atoms with Crippen LogP contribution in [0.5, 0.6) is 11.5 Å². The third-order valence-electron chi connectivity index (χ3n) is 5.11. The SMILES string of the molecule is COc1ccc(CNC(=O)NCCN2CCN(c3ccccc3)CC2)cc1OC. The summed E-state index contributed by atoms with van der Waals surface area (Å²) in [4.78, 5) is 16.9. The lowest BCUT2D eigenvalue weighted by Crippen LogP contribution is -2.49. The fraction of sp³-hybridized carbons (Fsp3) is 0.409. The zero-order valence-electron chi connectivity index (χ0n) is 17.2. The van der Waals surface area contributed by atoms with Crippen molar-refractivity contribution in [1.29, 1.82) is 0 Å². The van der Waals surface area contributed by atoms with E-state index in [1.54, 1.807) is 14.2 Å². The molecule has 29 heavy (non-hydrogen) atoms. The minimum atomic E-state index is -0.164. The number of ether oxygens (including phenoxy) is 2. The molecule has 0 spiro atoms. The number of hydrogen-bond acceptors (Lipinski definition) is 5. The Morgan fingerprint density at radius 2 is 1.66 bits per heavy atom. The Morgan fingerprint density at radius 1 is 0.931 bits per heavy atom. The highest BCUT2D eigenvalue weighted by Gasteiger charge is 2.16. The molecule has 156 valence electrons. The molecular weight excluding hydrogens is 368 g/mol. The lowest BCUT2D eigenvalue weighted by molar-refractivity contribution is 0.231. The second-order valence-electron chi connectivity index (χ2n) is 6.96. The van der Waals surface area contributed by atoms with Gasteiger partial charge in [-0.2, -0.15) is 0 Å². The molecule has 1 heterocycles. The Hall–Kier alpha value is -2.93. The van der Waals surface area contributed by atoms with Crippen LogP contribution in [0.3, 0.4) is 0 Å². The zero-order chi connectivity index (χ0) is 20.5. The first kappa shape index (κ1) is 20.8. The van der Waals surface area contributed by atoms with E-state index in [1.165, 1.54) is 5.69 Å². The summed E-state index contributed by atoms with van der Waals surface area (Å²) in [5.41, 5.74) is 2.23. The Balaban J connectivity index is 1.33. The second-order valence-corrected chi connectivity index (χ2v) is 6.96. The minimum Gasteiger partial charge on any atom is -0.493 e. The van der Waals surface area contributed by atoms with Crippen LogP contribution in [0.25, 0.3) is 0 Å². The van der Waals surface area contributed by atoms with Gasteiger partial charge in [0.1, 0.15) is 0 Å². The maximum absolute atomic E-state index is 12.1. The average Bonchev–Trinajstić information content (AvgIpc) is 2.78. The summed E-state index contributed by atoms with van der Waals surface area (Å²) < 4.78 is 10.5. The summed E-state index contributed by atoms with van der Waals surface area (Å²) in [6, 6.07) is 15.9. The number of nitrogens with one attached hydrogen (secondary N) is 2. The van der Waals surface area contributed by atoms with Crippen molar-refractivity contribution in [2.24, 2.45) is 0 Å². The normalized spacial score (nSPS) is 14.3. The molecule has 0 saturated carbocycles. The van der Waals surface area contributed by atoms with Crippen molar-refractivity contribution in [2.45, 2.75) is 6.54 Å². The number of piperazine rings is 1. The number of para-hydroxylation sites is 1. The molecule has 2 N–H and O–H groups in total. The van der Waals surface area contributed by atoms with Gasteiger partial charge in [-0.1, -0.05) is 24.3 Å². The van der Waals surface area contributed by atoms with Crippen LogP contribution in [0.4, 0.5) is 10.5 Å².